The Labute approximate surface area is 97.3 Å². The number of aliphatic carboxylic acids is 1. The fraction of sp³-hybridized carbons (Fsp3) is 0.667. The molecule has 17 heavy (non-hydrogen) atoms. The third kappa shape index (κ3) is 1.75. The average Bonchev–Trinajstić information content (AvgIpc) is 2.64. The summed E-state index contributed by atoms with van der Waals surface area (Å²) in [5.74, 6) is -1.34. The van der Waals surface area contributed by atoms with Gasteiger partial charge in [-0.25, -0.2) is 14.4 Å². The number of hydrogen-bond donors (Lipinski definition) is 4. The van der Waals surface area contributed by atoms with Gasteiger partial charge in [0.1, 0.15) is 18.4 Å². The van der Waals surface area contributed by atoms with Gasteiger partial charge in [-0.3, -0.25) is 4.90 Å². The van der Waals surface area contributed by atoms with E-state index in [9.17, 15) is 14.4 Å². The number of hydrogen-bond acceptors (Lipinski definition) is 3. The maximum Gasteiger partial charge on any atom is 0.326 e. The highest BCUT2D eigenvalue weighted by Crippen LogP contribution is 2.21. The van der Waals surface area contributed by atoms with Crippen molar-refractivity contribution in [2.75, 3.05) is 0 Å². The Morgan fingerprint density at radius 3 is 2.47 bits per heavy atom. The Hall–Kier alpha value is -1.99. The van der Waals surface area contributed by atoms with Crippen LogP contribution in [0.1, 0.15) is 13.8 Å². The number of fused-ring (bicyclic) bond motifs is 1. The van der Waals surface area contributed by atoms with Crippen molar-refractivity contribution in [3.05, 3.63) is 0 Å². The van der Waals surface area contributed by atoms with Gasteiger partial charge in [0.25, 0.3) is 0 Å². The molecule has 2 heterocycles. The first-order valence-electron chi connectivity index (χ1n) is 5.30. The first kappa shape index (κ1) is 11.5. The molecule has 0 aromatic heterocycles. The van der Waals surface area contributed by atoms with E-state index < -0.39 is 36.4 Å². The van der Waals surface area contributed by atoms with E-state index in [1.807, 2.05) is 0 Å². The molecule has 4 N–H and O–H groups in total. The zero-order valence-electron chi connectivity index (χ0n) is 9.43. The summed E-state index contributed by atoms with van der Waals surface area (Å²) in [6, 6.07) is -1.88. The van der Waals surface area contributed by atoms with Gasteiger partial charge < -0.3 is 21.1 Å². The van der Waals surface area contributed by atoms with Crippen LogP contribution in [0, 0.1) is 5.92 Å². The smallest absolute Gasteiger partial charge is 0.326 e. The average molecular weight is 242 g/mol. The molecule has 2 aliphatic heterocycles. The quantitative estimate of drug-likeness (QED) is 0.513. The summed E-state index contributed by atoms with van der Waals surface area (Å²) >= 11 is 0. The highest BCUT2D eigenvalue weighted by Gasteiger charge is 2.50. The zero-order valence-corrected chi connectivity index (χ0v) is 9.43. The van der Waals surface area contributed by atoms with Crippen molar-refractivity contribution >= 4 is 18.0 Å². The van der Waals surface area contributed by atoms with E-state index >= 15 is 0 Å². The minimum absolute atomic E-state index is 0.255. The Morgan fingerprint density at radius 2 is 1.94 bits per heavy atom. The molecule has 4 amide bonds. The predicted octanol–water partition coefficient (Wildman–Crippen LogP) is -0.914. The number of carboxylic acids is 1. The van der Waals surface area contributed by atoms with Crippen molar-refractivity contribution in [1.29, 1.82) is 0 Å². The van der Waals surface area contributed by atoms with Gasteiger partial charge in [-0.1, -0.05) is 13.8 Å². The first-order valence-corrected chi connectivity index (χ1v) is 5.30. The summed E-state index contributed by atoms with van der Waals surface area (Å²) in [5, 5.41) is 16.7. The second kappa shape index (κ2) is 3.79. The van der Waals surface area contributed by atoms with Gasteiger partial charge in [-0.15, -0.1) is 0 Å². The Morgan fingerprint density at radius 1 is 1.29 bits per heavy atom. The number of nitrogens with zero attached hydrogens (tertiary/aromatic N) is 1. The molecule has 0 saturated carbocycles. The van der Waals surface area contributed by atoms with Crippen LogP contribution in [0.3, 0.4) is 0 Å². The van der Waals surface area contributed by atoms with Crippen LogP contribution in [0.4, 0.5) is 9.59 Å². The van der Waals surface area contributed by atoms with Gasteiger partial charge >= 0.3 is 18.0 Å². The molecule has 0 aromatic rings. The molecule has 94 valence electrons. The standard InChI is InChI=1S/C9H14N4O4/c1-3(2)4(7(14)15)13-6-5(11-9(13)17)10-8(16)12-6/h3-6H,1-2H3,(H,11,17)(H,14,15)(H2,10,12,16)/t4-,5-,6-/m1/s1. The highest BCUT2D eigenvalue weighted by atomic mass is 16.4. The predicted molar refractivity (Wildman–Crippen MR) is 55.9 cm³/mol. The van der Waals surface area contributed by atoms with Gasteiger partial charge in [-0.05, 0) is 5.92 Å². The molecular formula is C9H14N4O4. The van der Waals surface area contributed by atoms with Gasteiger partial charge in [0.2, 0.25) is 0 Å². The number of amides is 4. The van der Waals surface area contributed by atoms with E-state index in [4.69, 9.17) is 5.11 Å². The molecule has 8 heteroatoms. The molecule has 2 saturated heterocycles. The molecular weight excluding hydrogens is 228 g/mol. The lowest BCUT2D eigenvalue weighted by molar-refractivity contribution is -0.144. The number of carbonyl (C=O) groups excluding carboxylic acids is 2. The topological polar surface area (TPSA) is 111 Å². The lowest BCUT2D eigenvalue weighted by Crippen LogP contribution is -2.54. The second-order valence-electron chi connectivity index (χ2n) is 4.42. The van der Waals surface area contributed by atoms with E-state index in [0.717, 1.165) is 4.90 Å². The van der Waals surface area contributed by atoms with Crippen LogP contribution >= 0.6 is 0 Å². The SMILES string of the molecule is CC(C)[C@H](C(=O)O)N1C(=O)N[C@H]2NC(=O)N[C@@H]21. The van der Waals surface area contributed by atoms with Crippen LogP contribution in [-0.2, 0) is 4.79 Å². The minimum Gasteiger partial charge on any atom is -0.480 e. The largest absolute Gasteiger partial charge is 0.480 e. The Balaban J connectivity index is 2.26. The molecule has 0 unspecified atom stereocenters. The van der Waals surface area contributed by atoms with Gasteiger partial charge in [0, 0.05) is 0 Å². The fourth-order valence-corrected chi connectivity index (χ4v) is 2.18. The van der Waals surface area contributed by atoms with Crippen LogP contribution in [0.5, 0.6) is 0 Å². The summed E-state index contributed by atoms with van der Waals surface area (Å²) in [5.41, 5.74) is 0. The third-order valence-corrected chi connectivity index (χ3v) is 2.88. The molecule has 0 aromatic carbocycles. The van der Waals surface area contributed by atoms with Crippen molar-refractivity contribution in [3.63, 3.8) is 0 Å². The molecule has 2 aliphatic rings. The molecule has 0 radical (unpaired) electrons. The van der Waals surface area contributed by atoms with Crippen LogP contribution in [0.15, 0.2) is 0 Å². The fourth-order valence-electron chi connectivity index (χ4n) is 2.18. The number of carbonyl (C=O) groups is 3. The van der Waals surface area contributed by atoms with Crippen LogP contribution in [-0.4, -0.2) is 46.4 Å². The maximum atomic E-state index is 11.7. The van der Waals surface area contributed by atoms with Crippen LogP contribution < -0.4 is 16.0 Å². The molecule has 0 spiro atoms. The summed E-state index contributed by atoms with van der Waals surface area (Å²) in [7, 11) is 0. The number of carboxylic acid groups (broad SMARTS) is 1. The van der Waals surface area contributed by atoms with E-state index in [1.54, 1.807) is 13.8 Å². The molecule has 3 atom stereocenters. The molecule has 0 bridgehead atoms. The highest BCUT2D eigenvalue weighted by molar-refractivity contribution is 5.88. The second-order valence-corrected chi connectivity index (χ2v) is 4.42. The van der Waals surface area contributed by atoms with Crippen molar-refractivity contribution < 1.29 is 19.5 Å². The number of rotatable bonds is 3. The van der Waals surface area contributed by atoms with E-state index in [-0.39, 0.29) is 5.92 Å². The summed E-state index contributed by atoms with van der Waals surface area (Å²) < 4.78 is 0. The van der Waals surface area contributed by atoms with Crippen molar-refractivity contribution in [2.24, 2.45) is 5.92 Å². The molecule has 2 rings (SSSR count). The molecule has 2 fully saturated rings. The first-order chi connectivity index (χ1) is 7.91. The third-order valence-electron chi connectivity index (χ3n) is 2.88. The van der Waals surface area contributed by atoms with Crippen LogP contribution in [0.2, 0.25) is 0 Å². The maximum absolute atomic E-state index is 11.7. The number of urea groups is 2. The van der Waals surface area contributed by atoms with Gasteiger partial charge in [0.05, 0.1) is 0 Å². The lowest BCUT2D eigenvalue weighted by Gasteiger charge is -2.30. The van der Waals surface area contributed by atoms with E-state index in [2.05, 4.69) is 16.0 Å². The molecule has 8 nitrogen and oxygen atoms in total. The van der Waals surface area contributed by atoms with Crippen molar-refractivity contribution in [1.82, 2.24) is 20.9 Å². The summed E-state index contributed by atoms with van der Waals surface area (Å²) in [6.07, 6.45) is -1.23. The van der Waals surface area contributed by atoms with Crippen LogP contribution in [0.25, 0.3) is 0 Å². The Bertz CT molecular complexity index is 383. The minimum atomic E-state index is -1.09. The van der Waals surface area contributed by atoms with E-state index in [0.29, 0.717) is 0 Å². The number of nitrogens with one attached hydrogen (secondary N) is 3. The zero-order chi connectivity index (χ0) is 12.7. The van der Waals surface area contributed by atoms with Crippen molar-refractivity contribution in [3.8, 4) is 0 Å². The monoisotopic (exact) mass is 242 g/mol. The van der Waals surface area contributed by atoms with E-state index in [1.165, 1.54) is 0 Å². The summed E-state index contributed by atoms with van der Waals surface area (Å²) in [6.45, 7) is 3.42. The Kier molecular flexibility index (Phi) is 2.56. The summed E-state index contributed by atoms with van der Waals surface area (Å²) in [4.78, 5) is 35.2. The van der Waals surface area contributed by atoms with Gasteiger partial charge in [0.15, 0.2) is 0 Å². The van der Waals surface area contributed by atoms with Crippen molar-refractivity contribution in [2.45, 2.75) is 32.2 Å². The molecule has 0 aliphatic carbocycles. The van der Waals surface area contributed by atoms with Gasteiger partial charge in [-0.2, -0.15) is 0 Å². The normalized spacial score (nSPS) is 28.5. The lowest BCUT2D eigenvalue weighted by atomic mass is 10.0.